The van der Waals surface area contributed by atoms with Crippen LogP contribution >= 0.6 is 11.8 Å². The van der Waals surface area contributed by atoms with Crippen molar-refractivity contribution in [1.82, 2.24) is 5.32 Å². The first-order chi connectivity index (χ1) is 12.9. The summed E-state index contributed by atoms with van der Waals surface area (Å²) in [6.07, 6.45) is 0.0396. The van der Waals surface area contributed by atoms with Gasteiger partial charge in [-0.05, 0) is 50.2 Å². The zero-order valence-electron chi connectivity index (χ0n) is 15.0. The molecule has 1 unspecified atom stereocenters. The number of hydrogen-bond acceptors (Lipinski definition) is 5. The minimum absolute atomic E-state index is 0.0349. The summed E-state index contributed by atoms with van der Waals surface area (Å²) >= 11 is 1.25. The predicted octanol–water partition coefficient (Wildman–Crippen LogP) is 3.45. The normalized spacial score (nSPS) is 17.6. The number of hydrogen-bond donors (Lipinski definition) is 2. The van der Waals surface area contributed by atoms with Crippen LogP contribution in [0.1, 0.15) is 29.3 Å². The van der Waals surface area contributed by atoms with Crippen LogP contribution in [0.25, 0.3) is 0 Å². The van der Waals surface area contributed by atoms with E-state index in [1.807, 2.05) is 31.2 Å². The Hall–Kier alpha value is -2.93. The Morgan fingerprint density at radius 2 is 1.78 bits per heavy atom. The van der Waals surface area contributed by atoms with Gasteiger partial charge in [0.25, 0.3) is 0 Å². The number of benzene rings is 2. The zero-order chi connectivity index (χ0) is 19.4. The van der Waals surface area contributed by atoms with Gasteiger partial charge in [-0.3, -0.25) is 14.4 Å². The maximum absolute atomic E-state index is 12.2. The molecule has 1 heterocycles. The molecule has 2 aromatic rings. The van der Waals surface area contributed by atoms with Gasteiger partial charge in [0, 0.05) is 17.7 Å². The third kappa shape index (κ3) is 5.04. The third-order valence-electron chi connectivity index (χ3n) is 3.99. The summed E-state index contributed by atoms with van der Waals surface area (Å²) in [5.41, 5.74) is 3.05. The minimum atomic E-state index is -0.523. The quantitative estimate of drug-likeness (QED) is 0.777. The van der Waals surface area contributed by atoms with Gasteiger partial charge in [-0.25, -0.2) is 4.99 Å². The summed E-state index contributed by atoms with van der Waals surface area (Å²) in [4.78, 5) is 40.0. The number of amidine groups is 1. The first-order valence-electron chi connectivity index (χ1n) is 8.44. The van der Waals surface area contributed by atoms with Gasteiger partial charge < -0.3 is 10.6 Å². The molecule has 27 heavy (non-hydrogen) atoms. The highest BCUT2D eigenvalue weighted by molar-refractivity contribution is 8.15. The van der Waals surface area contributed by atoms with E-state index in [1.54, 1.807) is 24.3 Å². The smallest absolute Gasteiger partial charge is 0.240 e. The van der Waals surface area contributed by atoms with Gasteiger partial charge in [0.05, 0.1) is 5.69 Å². The Labute approximate surface area is 161 Å². The molecule has 0 saturated carbocycles. The molecule has 2 N–H and O–H groups in total. The minimum Gasteiger partial charge on any atom is -0.326 e. The maximum Gasteiger partial charge on any atom is 0.240 e. The molecule has 3 rings (SSSR count). The summed E-state index contributed by atoms with van der Waals surface area (Å²) in [5, 5.41) is 5.43. The summed E-state index contributed by atoms with van der Waals surface area (Å²) in [6, 6.07) is 14.3. The summed E-state index contributed by atoms with van der Waals surface area (Å²) < 4.78 is 0. The van der Waals surface area contributed by atoms with Crippen LogP contribution in [-0.4, -0.2) is 28.0 Å². The maximum atomic E-state index is 12.2. The van der Waals surface area contributed by atoms with Crippen LogP contribution in [0.15, 0.2) is 53.5 Å². The first kappa shape index (κ1) is 18.8. The Kier molecular flexibility index (Phi) is 5.71. The number of nitrogens with zero attached hydrogens (tertiary/aromatic N) is 1. The lowest BCUT2D eigenvalue weighted by Gasteiger charge is -2.07. The van der Waals surface area contributed by atoms with Crippen molar-refractivity contribution in [1.29, 1.82) is 0 Å². The molecule has 2 amide bonds. The molecular weight excluding hydrogens is 362 g/mol. The van der Waals surface area contributed by atoms with Crippen LogP contribution in [0.4, 0.5) is 11.4 Å². The zero-order valence-corrected chi connectivity index (χ0v) is 15.8. The fraction of sp³-hybridized carbons (Fsp3) is 0.200. The van der Waals surface area contributed by atoms with Gasteiger partial charge in [-0.1, -0.05) is 29.5 Å². The SMILES string of the molecule is CC(=O)c1ccc(NC(=O)CC2SC(=Nc3ccc(C)cc3)NC2=O)cc1. The number of amides is 2. The van der Waals surface area contributed by atoms with E-state index in [4.69, 9.17) is 0 Å². The molecule has 1 aliphatic rings. The Morgan fingerprint density at radius 3 is 2.41 bits per heavy atom. The van der Waals surface area contributed by atoms with Crippen molar-refractivity contribution in [2.45, 2.75) is 25.5 Å². The highest BCUT2D eigenvalue weighted by Gasteiger charge is 2.32. The highest BCUT2D eigenvalue weighted by Crippen LogP contribution is 2.25. The monoisotopic (exact) mass is 381 g/mol. The molecule has 0 radical (unpaired) electrons. The Bertz CT molecular complexity index is 905. The molecule has 1 fully saturated rings. The average molecular weight is 381 g/mol. The number of carbonyl (C=O) groups excluding carboxylic acids is 3. The standard InChI is InChI=1S/C20H19N3O3S/c1-12-3-7-16(8-4-12)22-20-23-19(26)17(27-20)11-18(25)21-15-9-5-14(6-10-15)13(2)24/h3-10,17H,11H2,1-2H3,(H,21,25)(H,22,23,26). The lowest BCUT2D eigenvalue weighted by Crippen LogP contribution is -2.28. The number of carbonyl (C=O) groups is 3. The number of nitrogens with one attached hydrogen (secondary N) is 2. The summed E-state index contributed by atoms with van der Waals surface area (Å²) in [7, 11) is 0. The Balaban J connectivity index is 1.58. The average Bonchev–Trinajstić information content (AvgIpc) is 2.96. The second kappa shape index (κ2) is 8.18. The van der Waals surface area contributed by atoms with Crippen LogP contribution in [0.3, 0.4) is 0 Å². The fourth-order valence-electron chi connectivity index (χ4n) is 2.50. The second-order valence-corrected chi connectivity index (χ2v) is 7.43. The number of thioether (sulfide) groups is 1. The fourth-order valence-corrected chi connectivity index (χ4v) is 3.49. The first-order valence-corrected chi connectivity index (χ1v) is 9.32. The molecule has 0 aromatic heterocycles. The van der Waals surface area contributed by atoms with Gasteiger partial charge in [-0.2, -0.15) is 0 Å². The van der Waals surface area contributed by atoms with Gasteiger partial charge in [0.1, 0.15) is 5.25 Å². The molecule has 1 atom stereocenters. The van der Waals surface area contributed by atoms with Gasteiger partial charge in [0.2, 0.25) is 11.8 Å². The van der Waals surface area contributed by atoms with E-state index in [1.165, 1.54) is 18.7 Å². The Morgan fingerprint density at radius 1 is 1.11 bits per heavy atom. The van der Waals surface area contributed by atoms with Crippen LogP contribution in [-0.2, 0) is 9.59 Å². The number of aryl methyl sites for hydroxylation is 1. The molecular formula is C20H19N3O3S. The van der Waals surface area contributed by atoms with Gasteiger partial charge in [0.15, 0.2) is 11.0 Å². The van der Waals surface area contributed by atoms with Crippen molar-refractivity contribution in [3.05, 3.63) is 59.7 Å². The molecule has 0 aliphatic carbocycles. The van der Waals surface area contributed by atoms with Gasteiger partial charge in [-0.15, -0.1) is 0 Å². The topological polar surface area (TPSA) is 87.6 Å². The lowest BCUT2D eigenvalue weighted by molar-refractivity contribution is -0.122. The van der Waals surface area contributed by atoms with Crippen LogP contribution < -0.4 is 10.6 Å². The van der Waals surface area contributed by atoms with Gasteiger partial charge >= 0.3 is 0 Å². The molecule has 0 bridgehead atoms. The van der Waals surface area contributed by atoms with Crippen molar-refractivity contribution >= 4 is 45.9 Å². The van der Waals surface area contributed by atoms with Crippen molar-refractivity contribution < 1.29 is 14.4 Å². The van der Waals surface area contributed by atoms with E-state index in [9.17, 15) is 14.4 Å². The van der Waals surface area contributed by atoms with E-state index in [2.05, 4.69) is 15.6 Å². The molecule has 1 saturated heterocycles. The lowest BCUT2D eigenvalue weighted by atomic mass is 10.1. The van der Waals surface area contributed by atoms with Crippen molar-refractivity contribution in [3.8, 4) is 0 Å². The summed E-state index contributed by atoms with van der Waals surface area (Å²) in [6.45, 7) is 3.48. The number of anilines is 1. The predicted molar refractivity (Wildman–Crippen MR) is 107 cm³/mol. The van der Waals surface area contributed by atoms with Crippen LogP contribution in [0.5, 0.6) is 0 Å². The number of aliphatic imine (C=N–C) groups is 1. The van der Waals surface area contributed by atoms with E-state index >= 15 is 0 Å². The van der Waals surface area contributed by atoms with Crippen LogP contribution in [0.2, 0.25) is 0 Å². The number of Topliss-reactive ketones (excluding diaryl/α,β-unsaturated/α-hetero) is 1. The summed E-state index contributed by atoms with van der Waals surface area (Å²) in [5.74, 6) is -0.532. The second-order valence-electron chi connectivity index (χ2n) is 6.23. The largest absolute Gasteiger partial charge is 0.326 e. The number of rotatable bonds is 5. The van der Waals surface area contributed by atoms with E-state index in [-0.39, 0.29) is 24.0 Å². The van der Waals surface area contributed by atoms with Crippen molar-refractivity contribution in [2.75, 3.05) is 5.32 Å². The molecule has 7 heteroatoms. The number of ketones is 1. The third-order valence-corrected chi connectivity index (χ3v) is 5.07. The molecule has 6 nitrogen and oxygen atoms in total. The van der Waals surface area contributed by atoms with Crippen molar-refractivity contribution in [3.63, 3.8) is 0 Å². The molecule has 2 aromatic carbocycles. The van der Waals surface area contributed by atoms with E-state index in [0.29, 0.717) is 16.4 Å². The van der Waals surface area contributed by atoms with Crippen molar-refractivity contribution in [2.24, 2.45) is 4.99 Å². The molecule has 1 aliphatic heterocycles. The molecule has 0 spiro atoms. The van der Waals surface area contributed by atoms with E-state index < -0.39 is 5.25 Å². The van der Waals surface area contributed by atoms with E-state index in [0.717, 1.165) is 11.3 Å². The molecule has 138 valence electrons. The van der Waals surface area contributed by atoms with Crippen LogP contribution in [0, 0.1) is 6.92 Å². The highest BCUT2D eigenvalue weighted by atomic mass is 32.2.